The number of hydrogen-bond donors (Lipinski definition) is 2. The zero-order valence-electron chi connectivity index (χ0n) is 9.15. The summed E-state index contributed by atoms with van der Waals surface area (Å²) in [6.45, 7) is 0. The number of halogens is 2. The summed E-state index contributed by atoms with van der Waals surface area (Å²) in [5, 5.41) is 12.2. The molecule has 0 heterocycles. The van der Waals surface area contributed by atoms with Gasteiger partial charge in [0.25, 0.3) is 5.91 Å². The fourth-order valence-electron chi connectivity index (χ4n) is 1.44. The van der Waals surface area contributed by atoms with Gasteiger partial charge < -0.3 is 10.4 Å². The van der Waals surface area contributed by atoms with E-state index in [2.05, 4.69) is 37.2 Å². The third-order valence-corrected chi connectivity index (χ3v) is 3.48. The number of benzene rings is 2. The Morgan fingerprint density at radius 1 is 1.11 bits per heavy atom. The zero-order chi connectivity index (χ0) is 13.1. The molecular weight excluding hydrogens is 362 g/mol. The van der Waals surface area contributed by atoms with Crippen LogP contribution < -0.4 is 5.32 Å². The van der Waals surface area contributed by atoms with Crippen molar-refractivity contribution >= 4 is 43.5 Å². The van der Waals surface area contributed by atoms with Gasteiger partial charge in [-0.05, 0) is 46.3 Å². The number of para-hydroxylation sites is 2. The first-order valence-electron chi connectivity index (χ1n) is 5.12. The van der Waals surface area contributed by atoms with Gasteiger partial charge in [0.1, 0.15) is 5.75 Å². The Hall–Kier alpha value is -1.33. The van der Waals surface area contributed by atoms with Crippen LogP contribution >= 0.6 is 31.9 Å². The predicted molar refractivity (Wildman–Crippen MR) is 77.9 cm³/mol. The minimum Gasteiger partial charge on any atom is -0.506 e. The third-order valence-electron chi connectivity index (χ3n) is 2.33. The van der Waals surface area contributed by atoms with Crippen LogP contribution in [0.3, 0.4) is 0 Å². The third kappa shape index (κ3) is 2.91. The smallest absolute Gasteiger partial charge is 0.256 e. The van der Waals surface area contributed by atoms with E-state index in [1.54, 1.807) is 36.4 Å². The molecule has 0 fully saturated rings. The molecule has 1 amide bonds. The highest BCUT2D eigenvalue weighted by Crippen LogP contribution is 2.25. The van der Waals surface area contributed by atoms with E-state index < -0.39 is 0 Å². The van der Waals surface area contributed by atoms with Crippen molar-refractivity contribution in [2.24, 2.45) is 0 Å². The summed E-state index contributed by atoms with van der Waals surface area (Å²) in [7, 11) is 0. The summed E-state index contributed by atoms with van der Waals surface area (Å²) in [4.78, 5) is 12.0. The Balaban J connectivity index is 2.25. The Bertz CT molecular complexity index is 599. The second-order valence-electron chi connectivity index (χ2n) is 3.60. The van der Waals surface area contributed by atoms with Crippen LogP contribution in [0.5, 0.6) is 5.75 Å². The number of aromatic hydroxyl groups is 1. The molecule has 0 radical (unpaired) electrons. The average molecular weight is 371 g/mol. The maximum absolute atomic E-state index is 12.0. The highest BCUT2D eigenvalue weighted by molar-refractivity contribution is 9.11. The first-order valence-corrected chi connectivity index (χ1v) is 6.71. The van der Waals surface area contributed by atoms with Crippen LogP contribution in [0, 0.1) is 0 Å². The highest BCUT2D eigenvalue weighted by Gasteiger charge is 2.11. The van der Waals surface area contributed by atoms with Crippen LogP contribution in [0.4, 0.5) is 5.69 Å². The van der Waals surface area contributed by atoms with Crippen LogP contribution in [0.2, 0.25) is 0 Å². The maximum Gasteiger partial charge on any atom is 0.256 e. The lowest BCUT2D eigenvalue weighted by Gasteiger charge is -2.08. The fourth-order valence-corrected chi connectivity index (χ4v) is 2.67. The molecule has 0 aliphatic heterocycles. The lowest BCUT2D eigenvalue weighted by Crippen LogP contribution is -2.12. The quantitative estimate of drug-likeness (QED) is 0.779. The standard InChI is InChI=1S/C13H9Br2NO2/c14-8-5-6-9(10(15)7-8)13(18)16-11-3-1-2-4-12(11)17/h1-7,17H,(H,16,18). The molecule has 0 bridgehead atoms. The van der Waals surface area contributed by atoms with Crippen molar-refractivity contribution < 1.29 is 9.90 Å². The Labute approximate surface area is 121 Å². The Morgan fingerprint density at radius 3 is 2.50 bits per heavy atom. The van der Waals surface area contributed by atoms with E-state index >= 15 is 0 Å². The van der Waals surface area contributed by atoms with E-state index in [4.69, 9.17) is 0 Å². The second-order valence-corrected chi connectivity index (χ2v) is 5.37. The molecular formula is C13H9Br2NO2. The summed E-state index contributed by atoms with van der Waals surface area (Å²) in [6.07, 6.45) is 0. The fraction of sp³-hybridized carbons (Fsp3) is 0. The molecule has 92 valence electrons. The van der Waals surface area contributed by atoms with Gasteiger partial charge in [0.05, 0.1) is 11.3 Å². The summed E-state index contributed by atoms with van der Waals surface area (Å²) < 4.78 is 1.57. The number of anilines is 1. The van der Waals surface area contributed by atoms with Gasteiger partial charge >= 0.3 is 0 Å². The number of carbonyl (C=O) groups is 1. The molecule has 0 spiro atoms. The van der Waals surface area contributed by atoms with Gasteiger partial charge in [-0.3, -0.25) is 4.79 Å². The van der Waals surface area contributed by atoms with Crippen LogP contribution in [0.15, 0.2) is 51.4 Å². The molecule has 18 heavy (non-hydrogen) atoms. The van der Waals surface area contributed by atoms with Crippen molar-refractivity contribution in [2.45, 2.75) is 0 Å². The van der Waals surface area contributed by atoms with Gasteiger partial charge in [-0.25, -0.2) is 0 Å². The van der Waals surface area contributed by atoms with Crippen molar-refractivity contribution in [2.75, 3.05) is 5.32 Å². The summed E-state index contributed by atoms with van der Waals surface area (Å²) in [5.74, 6) is -0.241. The van der Waals surface area contributed by atoms with Crippen LogP contribution in [0.25, 0.3) is 0 Å². The maximum atomic E-state index is 12.0. The lowest BCUT2D eigenvalue weighted by molar-refractivity contribution is 0.102. The van der Waals surface area contributed by atoms with Crippen molar-refractivity contribution in [3.63, 3.8) is 0 Å². The second kappa shape index (κ2) is 5.54. The minimum absolute atomic E-state index is 0.0408. The van der Waals surface area contributed by atoms with E-state index in [1.165, 1.54) is 6.07 Å². The number of nitrogens with one attached hydrogen (secondary N) is 1. The van der Waals surface area contributed by atoms with Crippen LogP contribution in [0.1, 0.15) is 10.4 Å². The summed E-state index contributed by atoms with van der Waals surface area (Å²) >= 11 is 6.65. The Morgan fingerprint density at radius 2 is 1.83 bits per heavy atom. The number of carbonyl (C=O) groups excluding carboxylic acids is 1. The molecule has 5 heteroatoms. The first-order chi connectivity index (χ1) is 8.58. The lowest BCUT2D eigenvalue weighted by atomic mass is 10.2. The molecule has 0 saturated carbocycles. The monoisotopic (exact) mass is 369 g/mol. The van der Waals surface area contributed by atoms with Gasteiger partial charge in [0, 0.05) is 8.95 Å². The average Bonchev–Trinajstić information content (AvgIpc) is 2.32. The zero-order valence-corrected chi connectivity index (χ0v) is 12.3. The first kappa shape index (κ1) is 13.1. The van der Waals surface area contributed by atoms with Gasteiger partial charge in [-0.15, -0.1) is 0 Å². The largest absolute Gasteiger partial charge is 0.506 e. The molecule has 2 aromatic rings. The molecule has 3 nitrogen and oxygen atoms in total. The molecule has 0 saturated heterocycles. The number of hydrogen-bond acceptors (Lipinski definition) is 2. The molecule has 0 aromatic heterocycles. The van der Waals surface area contributed by atoms with Crippen molar-refractivity contribution in [1.82, 2.24) is 0 Å². The van der Waals surface area contributed by atoms with Gasteiger partial charge in [-0.2, -0.15) is 0 Å². The number of rotatable bonds is 2. The van der Waals surface area contributed by atoms with E-state index in [9.17, 15) is 9.90 Å². The topological polar surface area (TPSA) is 49.3 Å². The normalized spacial score (nSPS) is 10.1. The highest BCUT2D eigenvalue weighted by atomic mass is 79.9. The van der Waals surface area contributed by atoms with Crippen molar-refractivity contribution in [3.8, 4) is 5.75 Å². The van der Waals surface area contributed by atoms with E-state index in [-0.39, 0.29) is 11.7 Å². The number of phenols is 1. The molecule has 0 aliphatic rings. The number of amides is 1. The van der Waals surface area contributed by atoms with E-state index in [1.807, 2.05) is 0 Å². The molecule has 0 atom stereocenters. The SMILES string of the molecule is O=C(Nc1ccccc1O)c1ccc(Br)cc1Br. The summed E-state index contributed by atoms with van der Waals surface area (Å²) in [6, 6.07) is 11.9. The Kier molecular flexibility index (Phi) is 4.04. The number of phenolic OH excluding ortho intramolecular Hbond substituents is 1. The summed E-state index contributed by atoms with van der Waals surface area (Å²) in [5.41, 5.74) is 0.888. The molecule has 2 aromatic carbocycles. The van der Waals surface area contributed by atoms with Crippen molar-refractivity contribution in [3.05, 3.63) is 57.0 Å². The minimum atomic E-state index is -0.282. The molecule has 0 aliphatic carbocycles. The van der Waals surface area contributed by atoms with E-state index in [0.29, 0.717) is 15.7 Å². The van der Waals surface area contributed by atoms with Crippen molar-refractivity contribution in [1.29, 1.82) is 0 Å². The van der Waals surface area contributed by atoms with Crippen LogP contribution in [-0.4, -0.2) is 11.0 Å². The van der Waals surface area contributed by atoms with Gasteiger partial charge in [-0.1, -0.05) is 28.1 Å². The van der Waals surface area contributed by atoms with E-state index in [0.717, 1.165) is 4.47 Å². The predicted octanol–water partition coefficient (Wildman–Crippen LogP) is 4.17. The van der Waals surface area contributed by atoms with Crippen LogP contribution in [-0.2, 0) is 0 Å². The van der Waals surface area contributed by atoms with Gasteiger partial charge in [0.2, 0.25) is 0 Å². The molecule has 0 unspecified atom stereocenters. The molecule has 2 N–H and O–H groups in total. The van der Waals surface area contributed by atoms with Gasteiger partial charge in [0.15, 0.2) is 0 Å². The molecule has 2 rings (SSSR count).